The lowest BCUT2D eigenvalue weighted by atomic mass is 9.95. The molecule has 0 bridgehead atoms. The molecular formula is C18H24N4O. The van der Waals surface area contributed by atoms with Gasteiger partial charge in [0.25, 0.3) is 0 Å². The predicted octanol–water partition coefficient (Wildman–Crippen LogP) is 1.92. The van der Waals surface area contributed by atoms with Crippen LogP contribution in [-0.4, -0.2) is 22.2 Å². The van der Waals surface area contributed by atoms with Crippen molar-refractivity contribution in [2.75, 3.05) is 6.54 Å². The average Bonchev–Trinajstić information content (AvgIpc) is 3.24. The highest BCUT2D eigenvalue weighted by atomic mass is 16.1. The molecule has 0 unspecified atom stereocenters. The van der Waals surface area contributed by atoms with E-state index in [1.807, 2.05) is 29.1 Å². The van der Waals surface area contributed by atoms with Gasteiger partial charge in [0.05, 0.1) is 6.54 Å². The van der Waals surface area contributed by atoms with Crippen LogP contribution in [0, 0.1) is 11.8 Å². The summed E-state index contributed by atoms with van der Waals surface area (Å²) in [6.07, 6.45) is 6.88. The van der Waals surface area contributed by atoms with E-state index in [0.717, 1.165) is 31.4 Å². The Balaban J connectivity index is 1.56. The lowest BCUT2D eigenvalue weighted by Gasteiger charge is -2.17. The number of amides is 1. The molecule has 0 aliphatic heterocycles. The second-order valence-electron chi connectivity index (χ2n) is 6.27. The molecule has 2 aromatic rings. The van der Waals surface area contributed by atoms with E-state index in [0.29, 0.717) is 19.0 Å². The largest absolute Gasteiger partial charge is 0.352 e. The maximum Gasteiger partial charge on any atom is 0.223 e. The van der Waals surface area contributed by atoms with Crippen LogP contribution in [0.15, 0.2) is 42.7 Å². The summed E-state index contributed by atoms with van der Waals surface area (Å²) in [5, 5.41) is 7.29. The van der Waals surface area contributed by atoms with Crippen LogP contribution in [0.3, 0.4) is 0 Å². The summed E-state index contributed by atoms with van der Waals surface area (Å²) < 4.78 is 1.89. The molecule has 1 heterocycles. The Labute approximate surface area is 136 Å². The molecule has 1 aromatic carbocycles. The van der Waals surface area contributed by atoms with E-state index in [-0.39, 0.29) is 11.8 Å². The summed E-state index contributed by atoms with van der Waals surface area (Å²) in [6.45, 7) is 1.92. The Morgan fingerprint density at radius 2 is 2.17 bits per heavy atom. The molecule has 2 atom stereocenters. The zero-order chi connectivity index (χ0) is 16.1. The highest BCUT2D eigenvalue weighted by molar-refractivity contribution is 5.79. The van der Waals surface area contributed by atoms with Gasteiger partial charge in [0.15, 0.2) is 0 Å². The maximum atomic E-state index is 12.3. The number of nitrogens with two attached hydrogens (primary N) is 1. The molecule has 1 aliphatic carbocycles. The van der Waals surface area contributed by atoms with Crippen molar-refractivity contribution >= 4 is 5.91 Å². The Morgan fingerprint density at radius 1 is 1.30 bits per heavy atom. The summed E-state index contributed by atoms with van der Waals surface area (Å²) in [7, 11) is 0. The van der Waals surface area contributed by atoms with Gasteiger partial charge in [-0.15, -0.1) is 0 Å². The molecule has 5 heteroatoms. The molecule has 1 saturated carbocycles. The normalized spacial score (nSPS) is 20.6. The third kappa shape index (κ3) is 3.99. The number of carbonyl (C=O) groups excluding carboxylic acids is 1. The van der Waals surface area contributed by atoms with E-state index in [1.54, 1.807) is 6.20 Å². The second-order valence-corrected chi connectivity index (χ2v) is 6.27. The summed E-state index contributed by atoms with van der Waals surface area (Å²) >= 11 is 0. The molecule has 0 radical (unpaired) electrons. The van der Waals surface area contributed by atoms with Crippen molar-refractivity contribution in [3.8, 4) is 0 Å². The Morgan fingerprint density at radius 3 is 2.96 bits per heavy atom. The molecule has 0 saturated heterocycles. The molecule has 3 N–H and O–H groups in total. The van der Waals surface area contributed by atoms with E-state index in [9.17, 15) is 4.79 Å². The summed E-state index contributed by atoms with van der Waals surface area (Å²) in [5.41, 5.74) is 8.06. The Kier molecular flexibility index (Phi) is 5.08. The number of benzene rings is 1. The molecule has 3 rings (SSSR count). The Hall–Kier alpha value is -2.14. The zero-order valence-corrected chi connectivity index (χ0v) is 13.3. The van der Waals surface area contributed by atoms with Gasteiger partial charge in [-0.1, -0.05) is 30.7 Å². The predicted molar refractivity (Wildman–Crippen MR) is 89.5 cm³/mol. The highest BCUT2D eigenvalue weighted by Gasteiger charge is 2.31. The number of aromatic nitrogens is 2. The van der Waals surface area contributed by atoms with Gasteiger partial charge < -0.3 is 11.1 Å². The van der Waals surface area contributed by atoms with Gasteiger partial charge in [-0.05, 0) is 42.5 Å². The van der Waals surface area contributed by atoms with Crippen LogP contribution < -0.4 is 11.1 Å². The first-order valence-electron chi connectivity index (χ1n) is 8.29. The number of carbonyl (C=O) groups is 1. The molecule has 5 nitrogen and oxygen atoms in total. The zero-order valence-electron chi connectivity index (χ0n) is 13.3. The van der Waals surface area contributed by atoms with Crippen LogP contribution in [-0.2, 0) is 17.9 Å². The van der Waals surface area contributed by atoms with E-state index >= 15 is 0 Å². The van der Waals surface area contributed by atoms with Crippen molar-refractivity contribution in [3.63, 3.8) is 0 Å². The van der Waals surface area contributed by atoms with Gasteiger partial charge in [0, 0.05) is 24.9 Å². The number of nitrogens with zero attached hydrogens (tertiary/aromatic N) is 2. The molecule has 122 valence electrons. The Bertz CT molecular complexity index is 638. The average molecular weight is 312 g/mol. The fraction of sp³-hybridized carbons (Fsp3) is 0.444. The smallest absolute Gasteiger partial charge is 0.223 e. The van der Waals surface area contributed by atoms with E-state index in [1.165, 1.54) is 5.56 Å². The van der Waals surface area contributed by atoms with Gasteiger partial charge in [0.2, 0.25) is 5.91 Å². The first-order valence-corrected chi connectivity index (χ1v) is 8.29. The van der Waals surface area contributed by atoms with Crippen molar-refractivity contribution in [1.29, 1.82) is 0 Å². The molecular weight excluding hydrogens is 288 g/mol. The number of nitrogens with one attached hydrogen (secondary N) is 1. The van der Waals surface area contributed by atoms with Gasteiger partial charge in [-0.25, -0.2) is 0 Å². The maximum absolute atomic E-state index is 12.3. The topological polar surface area (TPSA) is 72.9 Å². The third-order valence-corrected chi connectivity index (χ3v) is 4.66. The van der Waals surface area contributed by atoms with Gasteiger partial charge >= 0.3 is 0 Å². The lowest BCUT2D eigenvalue weighted by molar-refractivity contribution is -0.126. The van der Waals surface area contributed by atoms with Gasteiger partial charge in [-0.3, -0.25) is 9.48 Å². The van der Waals surface area contributed by atoms with Crippen LogP contribution in [0.1, 0.15) is 30.4 Å². The molecule has 1 aromatic heterocycles. The summed E-state index contributed by atoms with van der Waals surface area (Å²) in [4.78, 5) is 12.3. The number of hydrogen-bond donors (Lipinski definition) is 2. The lowest BCUT2D eigenvalue weighted by Crippen LogP contribution is -2.34. The van der Waals surface area contributed by atoms with Crippen molar-refractivity contribution in [1.82, 2.24) is 15.1 Å². The quantitative estimate of drug-likeness (QED) is 0.856. The monoisotopic (exact) mass is 312 g/mol. The van der Waals surface area contributed by atoms with E-state index in [4.69, 9.17) is 5.73 Å². The van der Waals surface area contributed by atoms with Gasteiger partial charge in [0.1, 0.15) is 0 Å². The molecule has 1 aliphatic rings. The minimum atomic E-state index is 0.0901. The second kappa shape index (κ2) is 7.42. The highest BCUT2D eigenvalue weighted by Crippen LogP contribution is 2.30. The number of rotatable bonds is 6. The molecule has 1 amide bonds. The van der Waals surface area contributed by atoms with Crippen molar-refractivity contribution in [2.24, 2.45) is 17.6 Å². The van der Waals surface area contributed by atoms with Crippen LogP contribution in [0.4, 0.5) is 0 Å². The summed E-state index contributed by atoms with van der Waals surface area (Å²) in [6, 6.07) is 10.2. The van der Waals surface area contributed by atoms with Crippen molar-refractivity contribution < 1.29 is 4.79 Å². The number of hydrogen-bond acceptors (Lipinski definition) is 3. The first-order chi connectivity index (χ1) is 11.3. The van der Waals surface area contributed by atoms with Crippen LogP contribution >= 0.6 is 0 Å². The van der Waals surface area contributed by atoms with Crippen LogP contribution in [0.5, 0.6) is 0 Å². The minimum absolute atomic E-state index is 0.0901. The molecule has 0 spiro atoms. The van der Waals surface area contributed by atoms with Crippen molar-refractivity contribution in [3.05, 3.63) is 53.9 Å². The first kappa shape index (κ1) is 15.7. The van der Waals surface area contributed by atoms with E-state index < -0.39 is 0 Å². The molecule has 23 heavy (non-hydrogen) atoms. The minimum Gasteiger partial charge on any atom is -0.352 e. The van der Waals surface area contributed by atoms with Gasteiger partial charge in [-0.2, -0.15) is 5.10 Å². The standard InChI is InChI=1S/C18H24N4O/c19-11-16-6-2-7-17(16)18(23)20-12-14-4-1-5-15(10-14)13-22-9-3-8-21-22/h1,3-5,8-10,16-17H,2,6-7,11-13,19H2,(H,20,23)/t16-,17-/m1/s1. The molecule has 1 fully saturated rings. The fourth-order valence-electron chi connectivity index (χ4n) is 3.40. The van der Waals surface area contributed by atoms with Crippen LogP contribution in [0.25, 0.3) is 0 Å². The SMILES string of the molecule is NC[C@H]1CCC[C@H]1C(=O)NCc1cccc(Cn2cccn2)c1. The van der Waals surface area contributed by atoms with Crippen LogP contribution in [0.2, 0.25) is 0 Å². The fourth-order valence-corrected chi connectivity index (χ4v) is 3.40. The third-order valence-electron chi connectivity index (χ3n) is 4.66. The summed E-state index contributed by atoms with van der Waals surface area (Å²) in [5.74, 6) is 0.587. The van der Waals surface area contributed by atoms with Crippen molar-refractivity contribution in [2.45, 2.75) is 32.4 Å². The van der Waals surface area contributed by atoms with E-state index in [2.05, 4.69) is 22.5 Å².